The molecule has 1 heterocycles. The Morgan fingerprint density at radius 3 is 2.17 bits per heavy atom. The highest BCUT2D eigenvalue weighted by Crippen LogP contribution is 2.36. The van der Waals surface area contributed by atoms with Crippen molar-refractivity contribution < 1.29 is 23.9 Å². The fourth-order valence-electron chi connectivity index (χ4n) is 3.56. The molecule has 0 aromatic heterocycles. The summed E-state index contributed by atoms with van der Waals surface area (Å²) < 4.78 is 12.7. The van der Waals surface area contributed by atoms with E-state index in [1.54, 1.807) is 36.4 Å². The average Bonchev–Trinajstić information content (AvgIpc) is 2.83. The highest BCUT2D eigenvalue weighted by molar-refractivity contribution is 9.11. The predicted octanol–water partition coefficient (Wildman–Crippen LogP) is 6.16. The summed E-state index contributed by atoms with van der Waals surface area (Å²) in [7, 11) is 0. The van der Waals surface area contributed by atoms with Crippen molar-refractivity contribution in [2.45, 2.75) is 20.5 Å². The minimum atomic E-state index is -0.812. The number of aryl methyl sites for hydroxylation is 1. The van der Waals surface area contributed by atoms with Crippen molar-refractivity contribution in [2.24, 2.45) is 0 Å². The molecule has 3 aromatic carbocycles. The van der Waals surface area contributed by atoms with E-state index in [1.165, 1.54) is 11.6 Å². The van der Waals surface area contributed by atoms with Crippen LogP contribution in [0.1, 0.15) is 23.6 Å². The van der Waals surface area contributed by atoms with Crippen LogP contribution in [0.3, 0.4) is 0 Å². The van der Waals surface area contributed by atoms with Crippen molar-refractivity contribution >= 4 is 61.5 Å². The molecule has 9 heteroatoms. The van der Waals surface area contributed by atoms with Crippen molar-refractivity contribution in [3.05, 3.63) is 91.9 Å². The number of anilines is 1. The summed E-state index contributed by atoms with van der Waals surface area (Å²) in [6.45, 7) is 4.75. The number of nitrogens with zero attached hydrogens (tertiary/aromatic N) is 1. The molecule has 7 nitrogen and oxygen atoms in total. The maximum atomic E-state index is 13.2. The molecule has 1 aliphatic heterocycles. The standard InChI is InChI=1S/C27H22Br2N2O5/c1-3-35-20-10-8-19(9-11-20)31-26(33)21(25(32)30-27(31)34)12-18-13-22(28)24(23(29)14-18)36-15-17-6-4-16(2)5-7-17/h4-14H,3,15H2,1-2H3,(H,30,32,34)/b21-12+. The zero-order chi connectivity index (χ0) is 25.8. The van der Waals surface area contributed by atoms with Crippen LogP contribution in [0.4, 0.5) is 10.5 Å². The van der Waals surface area contributed by atoms with Crippen molar-refractivity contribution in [2.75, 3.05) is 11.5 Å². The SMILES string of the molecule is CCOc1ccc(N2C(=O)NC(=O)/C(=C\c3cc(Br)c(OCc4ccc(C)cc4)c(Br)c3)C2=O)cc1. The fraction of sp³-hybridized carbons (Fsp3) is 0.148. The number of urea groups is 1. The fourth-order valence-corrected chi connectivity index (χ4v) is 5.01. The van der Waals surface area contributed by atoms with E-state index in [1.807, 2.05) is 38.1 Å². The number of hydrogen-bond donors (Lipinski definition) is 1. The zero-order valence-electron chi connectivity index (χ0n) is 19.5. The molecule has 1 fully saturated rings. The van der Waals surface area contributed by atoms with Gasteiger partial charge >= 0.3 is 6.03 Å². The Morgan fingerprint density at radius 2 is 1.56 bits per heavy atom. The van der Waals surface area contributed by atoms with Gasteiger partial charge in [-0.15, -0.1) is 0 Å². The molecule has 4 rings (SSSR count). The van der Waals surface area contributed by atoms with Gasteiger partial charge < -0.3 is 9.47 Å². The number of amides is 4. The summed E-state index contributed by atoms with van der Waals surface area (Å²) in [5, 5.41) is 2.23. The summed E-state index contributed by atoms with van der Waals surface area (Å²) in [6, 6.07) is 17.2. The van der Waals surface area contributed by atoms with Crippen molar-refractivity contribution in [3.63, 3.8) is 0 Å². The van der Waals surface area contributed by atoms with E-state index in [0.29, 0.717) is 44.9 Å². The summed E-state index contributed by atoms with van der Waals surface area (Å²) in [6.07, 6.45) is 1.44. The van der Waals surface area contributed by atoms with E-state index in [-0.39, 0.29) is 5.57 Å². The molecule has 0 unspecified atom stereocenters. The van der Waals surface area contributed by atoms with Gasteiger partial charge in [0.1, 0.15) is 23.7 Å². The van der Waals surface area contributed by atoms with E-state index in [4.69, 9.17) is 9.47 Å². The van der Waals surface area contributed by atoms with Crippen LogP contribution >= 0.6 is 31.9 Å². The second-order valence-electron chi connectivity index (χ2n) is 7.97. The van der Waals surface area contributed by atoms with Gasteiger partial charge in [-0.2, -0.15) is 0 Å². The molecule has 184 valence electrons. The lowest BCUT2D eigenvalue weighted by atomic mass is 10.1. The van der Waals surface area contributed by atoms with E-state index in [0.717, 1.165) is 10.5 Å². The van der Waals surface area contributed by atoms with E-state index in [2.05, 4.69) is 37.2 Å². The highest BCUT2D eigenvalue weighted by atomic mass is 79.9. The van der Waals surface area contributed by atoms with Gasteiger partial charge in [-0.3, -0.25) is 14.9 Å². The molecular formula is C27H22Br2N2O5. The van der Waals surface area contributed by atoms with Crippen LogP contribution in [0.25, 0.3) is 6.08 Å². The quantitative estimate of drug-likeness (QED) is 0.255. The lowest BCUT2D eigenvalue weighted by molar-refractivity contribution is -0.122. The average molecular weight is 614 g/mol. The number of carbonyl (C=O) groups excluding carboxylic acids is 3. The lowest BCUT2D eigenvalue weighted by Gasteiger charge is -2.26. The second kappa shape index (κ2) is 11.1. The Balaban J connectivity index is 1.58. The van der Waals surface area contributed by atoms with Gasteiger partial charge in [0.15, 0.2) is 0 Å². The van der Waals surface area contributed by atoms with Crippen LogP contribution in [-0.2, 0) is 16.2 Å². The molecule has 3 aromatic rings. The summed E-state index contributed by atoms with van der Waals surface area (Å²) in [5.74, 6) is -0.292. The van der Waals surface area contributed by atoms with Crippen molar-refractivity contribution in [1.29, 1.82) is 0 Å². The first-order chi connectivity index (χ1) is 17.3. The molecule has 1 N–H and O–H groups in total. The van der Waals surface area contributed by atoms with Gasteiger partial charge in [0, 0.05) is 0 Å². The smallest absolute Gasteiger partial charge is 0.335 e. The minimum absolute atomic E-state index is 0.171. The number of hydrogen-bond acceptors (Lipinski definition) is 5. The van der Waals surface area contributed by atoms with Crippen LogP contribution in [-0.4, -0.2) is 24.5 Å². The molecule has 0 bridgehead atoms. The Hall–Kier alpha value is -3.43. The molecular weight excluding hydrogens is 592 g/mol. The first-order valence-corrected chi connectivity index (χ1v) is 12.7. The van der Waals surface area contributed by atoms with E-state index in [9.17, 15) is 14.4 Å². The van der Waals surface area contributed by atoms with Gasteiger partial charge in [-0.05, 0) is 99.3 Å². The number of ether oxygens (including phenoxy) is 2. The second-order valence-corrected chi connectivity index (χ2v) is 9.68. The largest absolute Gasteiger partial charge is 0.494 e. The summed E-state index contributed by atoms with van der Waals surface area (Å²) in [5.41, 5.74) is 2.91. The molecule has 1 aliphatic rings. The molecule has 1 saturated heterocycles. The van der Waals surface area contributed by atoms with Gasteiger partial charge in [0.25, 0.3) is 11.8 Å². The first kappa shape index (κ1) is 25.7. The monoisotopic (exact) mass is 612 g/mol. The zero-order valence-corrected chi connectivity index (χ0v) is 22.7. The normalized spacial score (nSPS) is 14.7. The topological polar surface area (TPSA) is 84.9 Å². The Morgan fingerprint density at radius 1 is 0.917 bits per heavy atom. The Kier molecular flexibility index (Phi) is 7.91. The van der Waals surface area contributed by atoms with Crippen molar-refractivity contribution in [3.8, 4) is 11.5 Å². The third kappa shape index (κ3) is 5.68. The van der Waals surface area contributed by atoms with Crippen LogP contribution in [0, 0.1) is 6.92 Å². The highest BCUT2D eigenvalue weighted by Gasteiger charge is 2.36. The maximum Gasteiger partial charge on any atom is 0.335 e. The van der Waals surface area contributed by atoms with Crippen LogP contribution in [0.5, 0.6) is 11.5 Å². The number of barbiturate groups is 1. The molecule has 0 atom stereocenters. The van der Waals surface area contributed by atoms with E-state index >= 15 is 0 Å². The van der Waals surface area contributed by atoms with Crippen LogP contribution < -0.4 is 19.7 Å². The van der Waals surface area contributed by atoms with Crippen molar-refractivity contribution in [1.82, 2.24) is 5.32 Å². The minimum Gasteiger partial charge on any atom is -0.494 e. The van der Waals surface area contributed by atoms with Crippen LogP contribution in [0.15, 0.2) is 75.2 Å². The van der Waals surface area contributed by atoms with E-state index < -0.39 is 17.8 Å². The predicted molar refractivity (Wildman–Crippen MR) is 144 cm³/mol. The number of rotatable bonds is 7. The molecule has 0 aliphatic carbocycles. The number of benzene rings is 3. The third-order valence-electron chi connectivity index (χ3n) is 5.34. The molecule has 36 heavy (non-hydrogen) atoms. The van der Waals surface area contributed by atoms with Crippen LogP contribution in [0.2, 0.25) is 0 Å². The number of halogens is 2. The molecule has 0 radical (unpaired) electrons. The number of imide groups is 2. The number of nitrogens with one attached hydrogen (secondary N) is 1. The van der Waals surface area contributed by atoms with Gasteiger partial charge in [0.2, 0.25) is 0 Å². The molecule has 0 spiro atoms. The summed E-state index contributed by atoms with van der Waals surface area (Å²) in [4.78, 5) is 39.1. The maximum absolute atomic E-state index is 13.2. The molecule has 0 saturated carbocycles. The number of carbonyl (C=O) groups is 3. The first-order valence-electron chi connectivity index (χ1n) is 11.1. The molecule has 4 amide bonds. The Labute approximate surface area is 225 Å². The van der Waals surface area contributed by atoms with Gasteiger partial charge in [-0.25, -0.2) is 9.69 Å². The van der Waals surface area contributed by atoms with Gasteiger partial charge in [0.05, 0.1) is 21.2 Å². The van der Waals surface area contributed by atoms with Gasteiger partial charge in [-0.1, -0.05) is 29.8 Å². The lowest BCUT2D eigenvalue weighted by Crippen LogP contribution is -2.54. The summed E-state index contributed by atoms with van der Waals surface area (Å²) >= 11 is 7.02. The Bertz CT molecular complexity index is 1330. The third-order valence-corrected chi connectivity index (χ3v) is 6.52.